The normalized spacial score (nSPS) is 17.0. The number of hydrogen-bond acceptors (Lipinski definition) is 5. The summed E-state index contributed by atoms with van der Waals surface area (Å²) >= 11 is 0. The van der Waals surface area contributed by atoms with Gasteiger partial charge in [-0.1, -0.05) is 0 Å². The van der Waals surface area contributed by atoms with Crippen molar-refractivity contribution in [2.45, 2.75) is 19.8 Å². The minimum atomic E-state index is -0.425. The summed E-state index contributed by atoms with van der Waals surface area (Å²) in [7, 11) is 0. The third-order valence-corrected chi connectivity index (χ3v) is 3.85. The van der Waals surface area contributed by atoms with E-state index in [0.717, 1.165) is 19.2 Å². The molecule has 24 heavy (non-hydrogen) atoms. The second kappa shape index (κ2) is 7.49. The van der Waals surface area contributed by atoms with Crippen LogP contribution in [-0.4, -0.2) is 35.6 Å². The molecule has 0 saturated carbocycles. The molecule has 6 heteroatoms. The van der Waals surface area contributed by atoms with Crippen LogP contribution in [0.1, 0.15) is 28.3 Å². The first-order valence-electron chi connectivity index (χ1n) is 7.93. The van der Waals surface area contributed by atoms with Gasteiger partial charge in [-0.3, -0.25) is 9.78 Å². The van der Waals surface area contributed by atoms with Crippen molar-refractivity contribution in [1.82, 2.24) is 9.97 Å². The number of ether oxygens (including phenoxy) is 2. The summed E-state index contributed by atoms with van der Waals surface area (Å²) in [5.74, 6) is 0.421. The van der Waals surface area contributed by atoms with Crippen molar-refractivity contribution in [2.75, 3.05) is 19.8 Å². The van der Waals surface area contributed by atoms with Crippen molar-refractivity contribution in [3.8, 4) is 5.75 Å². The fraction of sp³-hybridized carbons (Fsp3) is 0.389. The number of carbonyl (C=O) groups excluding carboxylic acids is 1. The molecule has 1 atom stereocenters. The van der Waals surface area contributed by atoms with Crippen LogP contribution >= 0.6 is 0 Å². The van der Waals surface area contributed by atoms with Crippen LogP contribution < -0.4 is 4.74 Å². The van der Waals surface area contributed by atoms with Crippen LogP contribution in [0.5, 0.6) is 5.75 Å². The van der Waals surface area contributed by atoms with E-state index in [0.29, 0.717) is 42.0 Å². The van der Waals surface area contributed by atoms with Crippen molar-refractivity contribution in [1.29, 1.82) is 0 Å². The van der Waals surface area contributed by atoms with Crippen LogP contribution in [0.15, 0.2) is 30.5 Å². The highest BCUT2D eigenvalue weighted by Gasteiger charge is 2.17. The predicted molar refractivity (Wildman–Crippen MR) is 85.6 cm³/mol. The van der Waals surface area contributed by atoms with Gasteiger partial charge in [0.25, 0.3) is 0 Å². The van der Waals surface area contributed by atoms with Gasteiger partial charge in [-0.2, -0.15) is 0 Å². The molecule has 3 rings (SSSR count). The number of hydrogen-bond donors (Lipinski definition) is 0. The van der Waals surface area contributed by atoms with Crippen LogP contribution in [0.2, 0.25) is 0 Å². The molecule has 2 aromatic heterocycles. The van der Waals surface area contributed by atoms with E-state index in [1.165, 1.54) is 12.1 Å². The Morgan fingerprint density at radius 1 is 1.42 bits per heavy atom. The summed E-state index contributed by atoms with van der Waals surface area (Å²) in [6, 6.07) is 6.25. The number of Topliss-reactive ketones (excluding diaryl/α,β-unsaturated/α-hetero) is 1. The Hall–Kier alpha value is -2.34. The molecule has 0 spiro atoms. The zero-order valence-electron chi connectivity index (χ0n) is 13.5. The SMILES string of the molecule is Cc1cc(OC[C@@H]2CCOC2)cc(C(=O)Cc2ccc(F)cn2)n1. The molecule has 0 unspecified atom stereocenters. The maximum absolute atomic E-state index is 12.9. The molecule has 2 aromatic rings. The van der Waals surface area contributed by atoms with Crippen molar-refractivity contribution in [2.24, 2.45) is 5.92 Å². The first-order valence-corrected chi connectivity index (χ1v) is 7.93. The molecule has 0 aromatic carbocycles. The molecule has 126 valence electrons. The van der Waals surface area contributed by atoms with Gasteiger partial charge in [0.05, 0.1) is 25.8 Å². The Labute approximate surface area is 139 Å². The van der Waals surface area contributed by atoms with Gasteiger partial charge in [0.2, 0.25) is 0 Å². The lowest BCUT2D eigenvalue weighted by Crippen LogP contribution is -2.13. The monoisotopic (exact) mass is 330 g/mol. The van der Waals surface area contributed by atoms with Gasteiger partial charge >= 0.3 is 0 Å². The predicted octanol–water partition coefficient (Wildman–Crippen LogP) is 2.76. The largest absolute Gasteiger partial charge is 0.493 e. The van der Waals surface area contributed by atoms with Gasteiger partial charge in [0, 0.05) is 36.0 Å². The van der Waals surface area contributed by atoms with E-state index >= 15 is 0 Å². The summed E-state index contributed by atoms with van der Waals surface area (Å²) in [6.45, 7) is 3.87. The number of pyridine rings is 2. The second-order valence-corrected chi connectivity index (χ2v) is 5.94. The summed E-state index contributed by atoms with van der Waals surface area (Å²) < 4.78 is 24.0. The van der Waals surface area contributed by atoms with Crippen LogP contribution in [0.3, 0.4) is 0 Å². The lowest BCUT2D eigenvalue weighted by atomic mass is 10.1. The summed E-state index contributed by atoms with van der Waals surface area (Å²) in [6.07, 6.45) is 2.17. The Bertz CT molecular complexity index is 713. The molecule has 3 heterocycles. The van der Waals surface area contributed by atoms with Crippen LogP contribution in [0, 0.1) is 18.7 Å². The third-order valence-electron chi connectivity index (χ3n) is 3.85. The fourth-order valence-corrected chi connectivity index (χ4v) is 2.56. The van der Waals surface area contributed by atoms with Crippen LogP contribution in [0.4, 0.5) is 4.39 Å². The van der Waals surface area contributed by atoms with E-state index in [4.69, 9.17) is 9.47 Å². The highest BCUT2D eigenvalue weighted by molar-refractivity contribution is 5.95. The average Bonchev–Trinajstić information content (AvgIpc) is 3.08. The zero-order valence-corrected chi connectivity index (χ0v) is 13.5. The van der Waals surface area contributed by atoms with E-state index in [2.05, 4.69) is 9.97 Å². The highest BCUT2D eigenvalue weighted by Crippen LogP contribution is 2.19. The smallest absolute Gasteiger partial charge is 0.187 e. The Morgan fingerprint density at radius 2 is 2.29 bits per heavy atom. The molecule has 0 bridgehead atoms. The number of nitrogens with zero attached hydrogens (tertiary/aromatic N) is 2. The van der Waals surface area contributed by atoms with Crippen molar-refractivity contribution in [3.63, 3.8) is 0 Å². The number of halogens is 1. The van der Waals surface area contributed by atoms with E-state index in [1.54, 1.807) is 6.07 Å². The fourth-order valence-electron chi connectivity index (χ4n) is 2.56. The Kier molecular flexibility index (Phi) is 5.15. The second-order valence-electron chi connectivity index (χ2n) is 5.94. The van der Waals surface area contributed by atoms with Gasteiger partial charge in [-0.25, -0.2) is 9.37 Å². The van der Waals surface area contributed by atoms with Crippen molar-refractivity contribution < 1.29 is 18.7 Å². The first kappa shape index (κ1) is 16.5. The molecule has 0 radical (unpaired) electrons. The Morgan fingerprint density at radius 3 is 3.00 bits per heavy atom. The van der Waals surface area contributed by atoms with Gasteiger partial charge in [0.1, 0.15) is 17.3 Å². The first-order chi connectivity index (χ1) is 11.6. The summed E-state index contributed by atoms with van der Waals surface area (Å²) in [5.41, 5.74) is 1.56. The lowest BCUT2D eigenvalue weighted by Gasteiger charge is -2.12. The topological polar surface area (TPSA) is 61.3 Å². The molecule has 1 saturated heterocycles. The van der Waals surface area contributed by atoms with E-state index in [1.807, 2.05) is 13.0 Å². The van der Waals surface area contributed by atoms with Gasteiger partial charge in [-0.05, 0) is 25.5 Å². The molecular weight excluding hydrogens is 311 g/mol. The maximum Gasteiger partial charge on any atom is 0.187 e. The standard InChI is InChI=1S/C18H19FN2O3/c1-12-6-16(24-11-13-4-5-23-10-13)8-17(21-12)18(22)7-15-3-2-14(19)9-20-15/h2-3,6,8-9,13H,4-5,7,10-11H2,1H3/t13-/m1/s1. The van der Waals surface area contributed by atoms with Crippen molar-refractivity contribution in [3.05, 3.63) is 53.4 Å². The highest BCUT2D eigenvalue weighted by atomic mass is 19.1. The van der Waals surface area contributed by atoms with Crippen LogP contribution in [0.25, 0.3) is 0 Å². The van der Waals surface area contributed by atoms with E-state index < -0.39 is 5.82 Å². The third kappa shape index (κ3) is 4.35. The molecule has 0 aliphatic carbocycles. The lowest BCUT2D eigenvalue weighted by molar-refractivity contribution is 0.0986. The number of aryl methyl sites for hydroxylation is 1. The molecule has 1 aliphatic heterocycles. The molecule has 5 nitrogen and oxygen atoms in total. The van der Waals surface area contributed by atoms with Gasteiger partial charge < -0.3 is 9.47 Å². The van der Waals surface area contributed by atoms with Crippen LogP contribution in [-0.2, 0) is 11.2 Å². The summed E-state index contributed by atoms with van der Waals surface area (Å²) in [4.78, 5) is 20.6. The minimum absolute atomic E-state index is 0.0760. The quantitative estimate of drug-likeness (QED) is 0.762. The molecule has 1 fully saturated rings. The molecule has 1 aliphatic rings. The molecular formula is C18H19FN2O3. The maximum atomic E-state index is 12.9. The number of ketones is 1. The Balaban J connectivity index is 1.67. The number of aromatic nitrogens is 2. The van der Waals surface area contributed by atoms with E-state index in [9.17, 15) is 9.18 Å². The zero-order chi connectivity index (χ0) is 16.9. The average molecular weight is 330 g/mol. The number of carbonyl (C=O) groups is 1. The van der Waals surface area contributed by atoms with Crippen molar-refractivity contribution >= 4 is 5.78 Å². The van der Waals surface area contributed by atoms with Gasteiger partial charge in [-0.15, -0.1) is 0 Å². The summed E-state index contributed by atoms with van der Waals surface area (Å²) in [5, 5.41) is 0. The minimum Gasteiger partial charge on any atom is -0.493 e. The number of rotatable bonds is 6. The molecule has 0 N–H and O–H groups in total. The van der Waals surface area contributed by atoms with Gasteiger partial charge in [0.15, 0.2) is 5.78 Å². The van der Waals surface area contributed by atoms with E-state index in [-0.39, 0.29) is 12.2 Å². The molecule has 0 amide bonds.